The van der Waals surface area contributed by atoms with Crippen LogP contribution in [-0.4, -0.2) is 37.8 Å². The molecule has 1 aromatic heterocycles. The Labute approximate surface area is 458 Å². The number of rotatable bonds is 25. The molecule has 1 heterocycles. The van der Waals surface area contributed by atoms with E-state index in [1.165, 1.54) is 18.2 Å². The fourth-order valence-corrected chi connectivity index (χ4v) is 8.09. The van der Waals surface area contributed by atoms with Crippen molar-refractivity contribution in [2.75, 3.05) is 5.32 Å². The quantitative estimate of drug-likeness (QED) is 0.0555. The molecule has 9 aromatic rings. The van der Waals surface area contributed by atoms with E-state index in [0.29, 0.717) is 72.3 Å². The van der Waals surface area contributed by atoms with Crippen molar-refractivity contribution < 1.29 is 52.6 Å². The lowest BCUT2D eigenvalue weighted by Crippen LogP contribution is -2.27. The van der Waals surface area contributed by atoms with E-state index in [-0.39, 0.29) is 37.7 Å². The van der Waals surface area contributed by atoms with Crippen molar-refractivity contribution in [2.24, 2.45) is 0 Å². The number of carboxylic acid groups (broad SMARTS) is 1. The molecule has 79 heavy (non-hydrogen) atoms. The zero-order valence-corrected chi connectivity index (χ0v) is 44.1. The normalized spacial score (nSPS) is 11.0. The summed E-state index contributed by atoms with van der Waals surface area (Å²) in [6.45, 7) is 7.16. The highest BCUT2D eigenvalue weighted by Gasteiger charge is 2.19. The molecule has 0 radical (unpaired) electrons. The van der Waals surface area contributed by atoms with Crippen LogP contribution in [0.2, 0.25) is 0 Å². The topological polar surface area (TPSA) is 171 Å². The molecule has 0 aliphatic rings. The van der Waals surface area contributed by atoms with Crippen molar-refractivity contribution in [1.29, 1.82) is 0 Å². The first-order chi connectivity index (χ1) is 38.4. The first-order valence-electron chi connectivity index (χ1n) is 25.6. The van der Waals surface area contributed by atoms with E-state index in [9.17, 15) is 14.7 Å². The SMILES string of the molecule is CC(C)(C)OC(=O)Nc1ccc(C(=O)O)c(OCc2cn(Cc3cc(OCc4cc(OCc5ccccc5)cc(OCc5ccccc5)c4)cc(OCc4cc(OCc5ccccc5)cc(OCc5ccccc5)c4)c3)nn2)c1. The highest BCUT2D eigenvalue weighted by molar-refractivity contribution is 5.93. The third-order valence-corrected chi connectivity index (χ3v) is 11.8. The van der Waals surface area contributed by atoms with Crippen LogP contribution in [0.15, 0.2) is 200 Å². The van der Waals surface area contributed by atoms with Gasteiger partial charge in [-0.1, -0.05) is 127 Å². The maximum atomic E-state index is 12.5. The number of aromatic nitrogens is 3. The lowest BCUT2D eigenvalue weighted by atomic mass is 10.1. The number of anilines is 1. The number of hydrogen-bond donors (Lipinski definition) is 2. The van der Waals surface area contributed by atoms with E-state index in [1.807, 2.05) is 176 Å². The molecule has 0 saturated heterocycles. The number of carbonyl (C=O) groups excluding carboxylic acids is 1. The van der Waals surface area contributed by atoms with Gasteiger partial charge in [0.25, 0.3) is 0 Å². The molecule has 8 aromatic carbocycles. The van der Waals surface area contributed by atoms with Gasteiger partial charge in [0.05, 0.1) is 12.7 Å². The highest BCUT2D eigenvalue weighted by Crippen LogP contribution is 2.31. The zero-order chi connectivity index (χ0) is 54.8. The van der Waals surface area contributed by atoms with Gasteiger partial charge in [-0.25, -0.2) is 14.3 Å². The van der Waals surface area contributed by atoms with Crippen LogP contribution >= 0.6 is 0 Å². The number of carbonyl (C=O) groups is 2. The van der Waals surface area contributed by atoms with Crippen LogP contribution < -0.4 is 38.5 Å². The number of nitrogens with one attached hydrogen (secondary N) is 1. The van der Waals surface area contributed by atoms with Gasteiger partial charge in [-0.15, -0.1) is 5.10 Å². The minimum atomic E-state index is -1.20. The van der Waals surface area contributed by atoms with Crippen LogP contribution in [0, 0.1) is 0 Å². The Morgan fingerprint density at radius 2 is 0.835 bits per heavy atom. The minimum absolute atomic E-state index is 0.0218. The van der Waals surface area contributed by atoms with E-state index in [4.69, 9.17) is 37.9 Å². The summed E-state index contributed by atoms with van der Waals surface area (Å²) < 4.78 is 51.3. The molecule has 0 bridgehead atoms. The molecule has 15 heteroatoms. The van der Waals surface area contributed by atoms with Crippen LogP contribution in [0.4, 0.5) is 10.5 Å². The number of ether oxygens (including phenoxy) is 8. The summed E-state index contributed by atoms with van der Waals surface area (Å²) in [5, 5.41) is 21.3. The Morgan fingerprint density at radius 1 is 0.456 bits per heavy atom. The molecule has 9 rings (SSSR count). The Morgan fingerprint density at radius 3 is 1.22 bits per heavy atom. The summed E-state index contributed by atoms with van der Waals surface area (Å²) in [6.07, 6.45) is 1.01. The van der Waals surface area contributed by atoms with Gasteiger partial charge in [0.2, 0.25) is 0 Å². The number of carboxylic acids is 1. The molecule has 0 saturated carbocycles. The Balaban J connectivity index is 0.957. The van der Waals surface area contributed by atoms with Crippen LogP contribution in [0.5, 0.6) is 40.2 Å². The van der Waals surface area contributed by atoms with Gasteiger partial charge in [0.1, 0.15) is 103 Å². The van der Waals surface area contributed by atoms with Crippen molar-refractivity contribution in [3.63, 3.8) is 0 Å². The molecule has 1 amide bonds. The van der Waals surface area contributed by atoms with E-state index in [0.717, 1.165) is 38.9 Å². The van der Waals surface area contributed by atoms with Crippen molar-refractivity contribution in [3.8, 4) is 40.2 Å². The van der Waals surface area contributed by atoms with Crippen LogP contribution in [0.1, 0.15) is 75.8 Å². The van der Waals surface area contributed by atoms with E-state index in [1.54, 1.807) is 31.6 Å². The summed E-state index contributed by atoms with van der Waals surface area (Å²) >= 11 is 0. The predicted molar refractivity (Wildman–Crippen MR) is 298 cm³/mol. The second-order valence-electron chi connectivity index (χ2n) is 19.5. The van der Waals surface area contributed by atoms with Gasteiger partial charge in [0, 0.05) is 30.0 Å². The van der Waals surface area contributed by atoms with Gasteiger partial charge in [0.15, 0.2) is 0 Å². The second-order valence-corrected chi connectivity index (χ2v) is 19.5. The van der Waals surface area contributed by atoms with Crippen molar-refractivity contribution in [2.45, 2.75) is 79.2 Å². The molecule has 0 unspecified atom stereocenters. The number of hydrogen-bond acceptors (Lipinski definition) is 12. The number of nitrogens with zero attached hydrogens (tertiary/aromatic N) is 3. The van der Waals surface area contributed by atoms with Crippen LogP contribution in [0.25, 0.3) is 0 Å². The minimum Gasteiger partial charge on any atom is -0.489 e. The van der Waals surface area contributed by atoms with Crippen molar-refractivity contribution >= 4 is 17.7 Å². The number of benzene rings is 8. The fraction of sp³-hybridized carbons (Fsp3) is 0.188. The monoisotopic (exact) mass is 1060 g/mol. The molecular weight excluding hydrogens is 1000 g/mol. The van der Waals surface area contributed by atoms with Gasteiger partial charge in [-0.05, 0) is 108 Å². The summed E-state index contributed by atoms with van der Waals surface area (Å²) in [6, 6.07) is 61.2. The summed E-state index contributed by atoms with van der Waals surface area (Å²) in [5.41, 5.74) is 6.40. The Kier molecular flexibility index (Phi) is 18.0. The smallest absolute Gasteiger partial charge is 0.412 e. The van der Waals surface area contributed by atoms with E-state index < -0.39 is 17.7 Å². The van der Waals surface area contributed by atoms with Gasteiger partial charge < -0.3 is 43.0 Å². The Bertz CT molecular complexity index is 3140. The summed E-state index contributed by atoms with van der Waals surface area (Å²) in [5.74, 6) is 2.37. The highest BCUT2D eigenvalue weighted by atomic mass is 16.6. The van der Waals surface area contributed by atoms with Crippen molar-refractivity contribution in [1.82, 2.24) is 15.0 Å². The maximum Gasteiger partial charge on any atom is 0.412 e. The van der Waals surface area contributed by atoms with Crippen LogP contribution in [-0.2, 0) is 57.5 Å². The van der Waals surface area contributed by atoms with Gasteiger partial charge >= 0.3 is 12.1 Å². The zero-order valence-electron chi connectivity index (χ0n) is 44.1. The molecule has 0 atom stereocenters. The largest absolute Gasteiger partial charge is 0.489 e. The summed E-state index contributed by atoms with van der Waals surface area (Å²) in [4.78, 5) is 24.7. The molecule has 0 aliphatic carbocycles. The first-order valence-corrected chi connectivity index (χ1v) is 25.6. The number of amides is 1. The molecule has 0 spiro atoms. The molecule has 0 aliphatic heterocycles. The maximum absolute atomic E-state index is 12.5. The number of aromatic carboxylic acids is 1. The summed E-state index contributed by atoms with van der Waals surface area (Å²) in [7, 11) is 0. The molecule has 2 N–H and O–H groups in total. The van der Waals surface area contributed by atoms with E-state index in [2.05, 4.69) is 15.6 Å². The molecule has 15 nitrogen and oxygen atoms in total. The average Bonchev–Trinajstić information content (AvgIpc) is 3.90. The third-order valence-electron chi connectivity index (χ3n) is 11.8. The van der Waals surface area contributed by atoms with Gasteiger partial charge in [-0.2, -0.15) is 0 Å². The standard InChI is InChI=1S/C64H60N4O11/c1-64(2,3)79-63(71)65-52-24-25-60(62(69)70)61(32-52)78-44-53-37-68(67-66-53)36-49-26-54(76-42-50-28-56(72-38-45-16-8-4-9-17-45)34-57(29-50)73-39-46-18-10-5-11-19-46)33-55(27-49)77-43-51-30-58(74-40-47-20-12-6-13-21-47)35-59(31-51)75-41-48-22-14-7-15-23-48/h4-35,37H,36,38-44H2,1-3H3,(H,65,71)(H,69,70). The average molecular weight is 1060 g/mol. The molecule has 0 fully saturated rings. The van der Waals surface area contributed by atoms with Crippen molar-refractivity contribution in [3.05, 3.63) is 251 Å². The lowest BCUT2D eigenvalue weighted by molar-refractivity contribution is 0.0634. The van der Waals surface area contributed by atoms with Crippen LogP contribution in [0.3, 0.4) is 0 Å². The predicted octanol–water partition coefficient (Wildman–Crippen LogP) is 13.4. The molecular formula is C64H60N4O11. The Hall–Kier alpha value is -9.76. The molecule has 402 valence electrons. The van der Waals surface area contributed by atoms with Gasteiger partial charge in [-0.3, -0.25) is 5.32 Å². The van der Waals surface area contributed by atoms with E-state index >= 15 is 0 Å². The third kappa shape index (κ3) is 17.1. The lowest BCUT2D eigenvalue weighted by Gasteiger charge is -2.20. The first kappa shape index (κ1) is 54.0. The second kappa shape index (κ2) is 26.3. The fourth-order valence-electron chi connectivity index (χ4n) is 8.09.